The molecule has 0 spiro atoms. The number of ether oxygens (including phenoxy) is 3. The fraction of sp³-hybridized carbons (Fsp3) is 0.545. The molecule has 1 N–H and O–H groups in total. The zero-order valence-corrected chi connectivity index (χ0v) is 19.7. The highest BCUT2D eigenvalue weighted by Gasteiger charge is 2.60. The molecule has 8 heteroatoms. The van der Waals surface area contributed by atoms with Gasteiger partial charge in [-0.3, -0.25) is 4.72 Å². The number of thiol groups is 1. The summed E-state index contributed by atoms with van der Waals surface area (Å²) in [4.78, 5) is 24.8. The van der Waals surface area contributed by atoms with Gasteiger partial charge in [0.2, 0.25) is 0 Å². The van der Waals surface area contributed by atoms with Gasteiger partial charge in [0.25, 0.3) is 0 Å². The van der Waals surface area contributed by atoms with Crippen LogP contribution < -0.4 is 4.72 Å². The maximum Gasteiger partial charge on any atom is 0.337 e. The Hall–Kier alpha value is -1.54. The normalized spacial score (nSPS) is 23.1. The Bertz CT molecular complexity index is 810. The maximum atomic E-state index is 12.5. The largest absolute Gasteiger partial charge is 0.466 e. The predicted molar refractivity (Wildman–Crippen MR) is 119 cm³/mol. The molecule has 2 aliphatic heterocycles. The minimum absolute atomic E-state index is 0.210. The first-order valence-corrected chi connectivity index (χ1v) is 10.8. The topological polar surface area (TPSA) is 73.9 Å². The van der Waals surface area contributed by atoms with Crippen molar-refractivity contribution in [3.8, 4) is 0 Å². The SMILES string of the molecule is CC(C)C.COC(=O)C1=C(C(=O)OC)C2(C(Cc3ccccc3Cl)NS)CCC1O2. The van der Waals surface area contributed by atoms with E-state index in [1.165, 1.54) is 14.2 Å². The number of hydrogen-bond acceptors (Lipinski definition) is 7. The summed E-state index contributed by atoms with van der Waals surface area (Å²) in [5, 5.41) is 0.613. The molecule has 6 nitrogen and oxygen atoms in total. The summed E-state index contributed by atoms with van der Waals surface area (Å²) in [6, 6.07) is 7.04. The van der Waals surface area contributed by atoms with E-state index in [0.29, 0.717) is 24.3 Å². The number of esters is 2. The highest BCUT2D eigenvalue weighted by atomic mass is 35.5. The third-order valence-corrected chi connectivity index (χ3v) is 5.72. The Morgan fingerprint density at radius 2 is 1.83 bits per heavy atom. The van der Waals surface area contributed by atoms with Crippen LogP contribution in [-0.2, 0) is 30.2 Å². The van der Waals surface area contributed by atoms with Crippen LogP contribution in [-0.4, -0.2) is 43.9 Å². The van der Waals surface area contributed by atoms with E-state index in [9.17, 15) is 9.59 Å². The van der Waals surface area contributed by atoms with Gasteiger partial charge in [0.15, 0.2) is 0 Å². The Labute approximate surface area is 188 Å². The van der Waals surface area contributed by atoms with E-state index in [1.54, 1.807) is 6.07 Å². The van der Waals surface area contributed by atoms with Crippen molar-refractivity contribution in [2.24, 2.45) is 5.92 Å². The summed E-state index contributed by atoms with van der Waals surface area (Å²) in [6.07, 6.45) is 1.14. The number of nitrogens with one attached hydrogen (secondary N) is 1. The lowest BCUT2D eigenvalue weighted by Crippen LogP contribution is -2.51. The van der Waals surface area contributed by atoms with E-state index < -0.39 is 29.7 Å². The van der Waals surface area contributed by atoms with Gasteiger partial charge in [0, 0.05) is 5.02 Å². The van der Waals surface area contributed by atoms with Gasteiger partial charge in [0.1, 0.15) is 5.60 Å². The van der Waals surface area contributed by atoms with E-state index in [0.717, 1.165) is 11.5 Å². The molecule has 166 valence electrons. The summed E-state index contributed by atoms with van der Waals surface area (Å²) < 4.78 is 18.9. The fourth-order valence-electron chi connectivity index (χ4n) is 3.85. The maximum absolute atomic E-state index is 12.5. The molecule has 0 saturated carbocycles. The molecule has 3 unspecified atom stereocenters. The van der Waals surface area contributed by atoms with Crippen molar-refractivity contribution in [3.63, 3.8) is 0 Å². The zero-order valence-electron chi connectivity index (χ0n) is 18.0. The predicted octanol–water partition coefficient (Wildman–Crippen LogP) is 3.92. The molecule has 3 rings (SSSR count). The molecule has 1 aromatic carbocycles. The highest BCUT2D eigenvalue weighted by molar-refractivity contribution is 7.78. The molecule has 0 aromatic heterocycles. The first-order valence-electron chi connectivity index (χ1n) is 9.93. The fourth-order valence-corrected chi connectivity index (χ4v) is 4.36. The van der Waals surface area contributed by atoms with Crippen LogP contribution in [0, 0.1) is 5.92 Å². The second-order valence-electron chi connectivity index (χ2n) is 8.02. The molecule has 0 aliphatic carbocycles. The van der Waals surface area contributed by atoms with Gasteiger partial charge < -0.3 is 14.2 Å². The van der Waals surface area contributed by atoms with Gasteiger partial charge in [-0.25, -0.2) is 9.59 Å². The van der Waals surface area contributed by atoms with Gasteiger partial charge in [-0.2, -0.15) is 0 Å². The summed E-state index contributed by atoms with van der Waals surface area (Å²) in [5.41, 5.74) is 0.306. The number of halogens is 1. The molecule has 1 aromatic rings. The van der Waals surface area contributed by atoms with Gasteiger partial charge in [-0.1, -0.05) is 63.4 Å². The number of carbonyl (C=O) groups is 2. The lowest BCUT2D eigenvalue weighted by Gasteiger charge is -2.35. The van der Waals surface area contributed by atoms with Gasteiger partial charge in [-0.05, 0) is 36.8 Å². The smallest absolute Gasteiger partial charge is 0.337 e. The van der Waals surface area contributed by atoms with Crippen LogP contribution in [0.15, 0.2) is 35.4 Å². The van der Waals surface area contributed by atoms with Crippen LogP contribution in [0.4, 0.5) is 0 Å². The Kier molecular flexibility index (Phi) is 8.79. The van der Waals surface area contributed by atoms with Crippen molar-refractivity contribution in [2.75, 3.05) is 14.2 Å². The molecular formula is C22H30ClNO5S. The molecule has 30 heavy (non-hydrogen) atoms. The van der Waals surface area contributed by atoms with Gasteiger partial charge in [-0.15, -0.1) is 0 Å². The molecule has 2 bridgehead atoms. The molecule has 1 fully saturated rings. The number of rotatable bonds is 6. The van der Waals surface area contributed by atoms with Crippen LogP contribution in [0.1, 0.15) is 39.2 Å². The van der Waals surface area contributed by atoms with Crippen LogP contribution in [0.3, 0.4) is 0 Å². The lowest BCUT2D eigenvalue weighted by molar-refractivity contribution is -0.140. The van der Waals surface area contributed by atoms with Crippen molar-refractivity contribution in [3.05, 3.63) is 46.0 Å². The van der Waals surface area contributed by atoms with E-state index in [1.807, 2.05) is 18.2 Å². The minimum Gasteiger partial charge on any atom is -0.466 e. The van der Waals surface area contributed by atoms with Crippen LogP contribution in [0.25, 0.3) is 0 Å². The Balaban J connectivity index is 0.000000735. The van der Waals surface area contributed by atoms with E-state index in [-0.39, 0.29) is 11.1 Å². The number of carbonyl (C=O) groups excluding carboxylic acids is 2. The second-order valence-corrected chi connectivity index (χ2v) is 8.68. The third-order valence-electron chi connectivity index (χ3n) is 5.04. The van der Waals surface area contributed by atoms with Crippen LogP contribution >= 0.6 is 24.4 Å². The average Bonchev–Trinajstić information content (AvgIpc) is 3.29. The minimum atomic E-state index is -1.03. The lowest BCUT2D eigenvalue weighted by atomic mass is 9.76. The van der Waals surface area contributed by atoms with Crippen molar-refractivity contribution in [1.82, 2.24) is 4.72 Å². The van der Waals surface area contributed by atoms with Crippen molar-refractivity contribution >= 4 is 36.4 Å². The van der Waals surface area contributed by atoms with Crippen LogP contribution in [0.2, 0.25) is 5.02 Å². The highest BCUT2D eigenvalue weighted by Crippen LogP contribution is 2.51. The summed E-state index contributed by atoms with van der Waals surface area (Å²) in [7, 11) is 2.56. The summed E-state index contributed by atoms with van der Waals surface area (Å²) in [5.74, 6) is -0.340. The molecule has 2 aliphatic rings. The van der Waals surface area contributed by atoms with Gasteiger partial charge in [0.05, 0.1) is 37.5 Å². The van der Waals surface area contributed by atoms with Crippen LogP contribution in [0.5, 0.6) is 0 Å². The van der Waals surface area contributed by atoms with E-state index in [2.05, 4.69) is 38.3 Å². The summed E-state index contributed by atoms with van der Waals surface area (Å²) in [6.45, 7) is 6.50. The van der Waals surface area contributed by atoms with Crippen molar-refractivity contribution in [2.45, 2.75) is 57.8 Å². The van der Waals surface area contributed by atoms with E-state index in [4.69, 9.17) is 25.8 Å². The standard InChI is InChI=1S/C18H20ClNO5S.C4H10/c1-23-16(21)14-12-7-8-18(25-12,15(14)17(22)24-2)13(20-26)9-10-5-3-4-6-11(10)19;1-4(2)3/h3-6,12-13,20,26H,7-9H2,1-2H3;4H,1-3H3. The summed E-state index contributed by atoms with van der Waals surface area (Å²) >= 11 is 10.5. The average molecular weight is 456 g/mol. The molecular weight excluding hydrogens is 426 g/mol. The Morgan fingerprint density at radius 3 is 2.37 bits per heavy atom. The van der Waals surface area contributed by atoms with Crippen molar-refractivity contribution in [1.29, 1.82) is 0 Å². The molecule has 2 heterocycles. The molecule has 0 amide bonds. The van der Waals surface area contributed by atoms with Crippen molar-refractivity contribution < 1.29 is 23.8 Å². The Morgan fingerprint density at radius 1 is 1.23 bits per heavy atom. The first-order chi connectivity index (χ1) is 14.2. The third kappa shape index (κ3) is 5.02. The van der Waals surface area contributed by atoms with Gasteiger partial charge >= 0.3 is 11.9 Å². The number of methoxy groups -OCH3 is 2. The van der Waals surface area contributed by atoms with E-state index >= 15 is 0 Å². The monoisotopic (exact) mass is 455 g/mol. The zero-order chi connectivity index (χ0) is 22.5. The second kappa shape index (κ2) is 10.7. The number of hydrogen-bond donors (Lipinski definition) is 2. The number of fused-ring (bicyclic) bond motifs is 2. The first kappa shape index (κ1) is 24.7. The quantitative estimate of drug-likeness (QED) is 0.500. The molecule has 0 radical (unpaired) electrons. The number of benzene rings is 1. The molecule has 1 saturated heterocycles. The molecule has 3 atom stereocenters.